The molecule has 1 aromatic rings. The Morgan fingerprint density at radius 1 is 1.19 bits per heavy atom. The summed E-state index contributed by atoms with van der Waals surface area (Å²) in [6, 6.07) is 6.68. The first-order chi connectivity index (χ1) is 10.1. The first kappa shape index (κ1) is 16.0. The molecule has 116 valence electrons. The van der Waals surface area contributed by atoms with E-state index in [2.05, 4.69) is 11.8 Å². The summed E-state index contributed by atoms with van der Waals surface area (Å²) in [6.45, 7) is 8.41. The third-order valence-electron chi connectivity index (χ3n) is 4.25. The molecule has 0 saturated carbocycles. The van der Waals surface area contributed by atoms with Gasteiger partial charge in [-0.15, -0.1) is 0 Å². The molecule has 1 atom stereocenters. The molecular weight excluding hydrogens is 267 g/mol. The molecule has 2 rings (SSSR count). The third-order valence-corrected chi connectivity index (χ3v) is 4.25. The van der Waals surface area contributed by atoms with Gasteiger partial charge in [0.2, 0.25) is 5.91 Å². The van der Waals surface area contributed by atoms with Gasteiger partial charge in [-0.05, 0) is 30.5 Å². The van der Waals surface area contributed by atoms with Crippen molar-refractivity contribution in [3.05, 3.63) is 35.6 Å². The lowest BCUT2D eigenvalue weighted by molar-refractivity contribution is -0.134. The van der Waals surface area contributed by atoms with Gasteiger partial charge >= 0.3 is 0 Å². The lowest BCUT2D eigenvalue weighted by Gasteiger charge is -2.24. The van der Waals surface area contributed by atoms with Crippen molar-refractivity contribution < 1.29 is 9.18 Å². The number of benzene rings is 1. The highest BCUT2D eigenvalue weighted by atomic mass is 19.1. The fourth-order valence-corrected chi connectivity index (χ4v) is 2.68. The number of halogens is 1. The Balaban J connectivity index is 1.88. The fourth-order valence-electron chi connectivity index (χ4n) is 2.68. The van der Waals surface area contributed by atoms with Gasteiger partial charge in [-0.2, -0.15) is 0 Å². The number of nitrogens with zero attached hydrogens (tertiary/aromatic N) is 2. The Hall–Kier alpha value is -1.42. The molecule has 1 fully saturated rings. The van der Waals surface area contributed by atoms with Gasteiger partial charge < -0.3 is 4.90 Å². The number of carbonyl (C=O) groups is 1. The molecule has 0 aliphatic carbocycles. The molecule has 1 amide bonds. The van der Waals surface area contributed by atoms with Gasteiger partial charge in [0.15, 0.2) is 0 Å². The van der Waals surface area contributed by atoms with Crippen LogP contribution in [0, 0.1) is 11.7 Å². The Bertz CT molecular complexity index is 460. The number of hydrogen-bond acceptors (Lipinski definition) is 2. The zero-order chi connectivity index (χ0) is 15.2. The summed E-state index contributed by atoms with van der Waals surface area (Å²) in [5.41, 5.74) is 1.12. The van der Waals surface area contributed by atoms with Crippen LogP contribution in [0.15, 0.2) is 24.3 Å². The summed E-state index contributed by atoms with van der Waals surface area (Å²) in [4.78, 5) is 16.6. The third kappa shape index (κ3) is 4.53. The van der Waals surface area contributed by atoms with Crippen molar-refractivity contribution in [1.29, 1.82) is 0 Å². The van der Waals surface area contributed by atoms with Crippen molar-refractivity contribution in [3.8, 4) is 0 Å². The molecule has 4 heteroatoms. The summed E-state index contributed by atoms with van der Waals surface area (Å²) in [6.07, 6.45) is 1.90. The van der Waals surface area contributed by atoms with Gasteiger partial charge in [-0.1, -0.05) is 26.0 Å². The molecule has 1 aromatic carbocycles. The molecule has 1 unspecified atom stereocenters. The minimum Gasteiger partial charge on any atom is -0.341 e. The molecule has 0 spiro atoms. The Kier molecular flexibility index (Phi) is 5.74. The van der Waals surface area contributed by atoms with Crippen LogP contribution in [0.1, 0.15) is 32.3 Å². The SMILES string of the molecule is CCC(C)C(=O)N1CCCN(Cc2ccc(F)cc2)CC1. The molecule has 0 aromatic heterocycles. The molecule has 1 saturated heterocycles. The average Bonchev–Trinajstić information content (AvgIpc) is 2.73. The molecule has 0 radical (unpaired) electrons. The van der Waals surface area contributed by atoms with E-state index in [1.807, 2.05) is 24.0 Å². The normalized spacial score (nSPS) is 18.3. The van der Waals surface area contributed by atoms with Crippen LogP contribution in [0.2, 0.25) is 0 Å². The van der Waals surface area contributed by atoms with Crippen molar-refractivity contribution in [2.75, 3.05) is 26.2 Å². The summed E-state index contributed by atoms with van der Waals surface area (Å²) in [5.74, 6) is 0.203. The number of amides is 1. The van der Waals surface area contributed by atoms with Crippen molar-refractivity contribution >= 4 is 5.91 Å². The van der Waals surface area contributed by atoms with Crippen LogP contribution in [0.4, 0.5) is 4.39 Å². The van der Waals surface area contributed by atoms with E-state index in [0.717, 1.165) is 51.1 Å². The maximum atomic E-state index is 12.9. The van der Waals surface area contributed by atoms with Crippen LogP contribution >= 0.6 is 0 Å². The van der Waals surface area contributed by atoms with E-state index in [-0.39, 0.29) is 17.6 Å². The maximum Gasteiger partial charge on any atom is 0.225 e. The highest BCUT2D eigenvalue weighted by Gasteiger charge is 2.22. The van der Waals surface area contributed by atoms with E-state index >= 15 is 0 Å². The highest BCUT2D eigenvalue weighted by Crippen LogP contribution is 2.13. The monoisotopic (exact) mass is 292 g/mol. The molecule has 1 aliphatic rings. The Morgan fingerprint density at radius 3 is 2.57 bits per heavy atom. The van der Waals surface area contributed by atoms with E-state index in [0.29, 0.717) is 0 Å². The molecule has 1 heterocycles. The molecule has 0 bridgehead atoms. The van der Waals surface area contributed by atoms with Crippen molar-refractivity contribution in [1.82, 2.24) is 9.80 Å². The van der Waals surface area contributed by atoms with Crippen LogP contribution in [0.5, 0.6) is 0 Å². The van der Waals surface area contributed by atoms with E-state index < -0.39 is 0 Å². The van der Waals surface area contributed by atoms with Crippen molar-refractivity contribution in [3.63, 3.8) is 0 Å². The largest absolute Gasteiger partial charge is 0.341 e. The van der Waals surface area contributed by atoms with Crippen molar-refractivity contribution in [2.45, 2.75) is 33.2 Å². The summed E-state index contributed by atoms with van der Waals surface area (Å²) >= 11 is 0. The second kappa shape index (κ2) is 7.55. The topological polar surface area (TPSA) is 23.6 Å². The fraction of sp³-hybridized carbons (Fsp3) is 0.588. The van der Waals surface area contributed by atoms with E-state index in [1.54, 1.807) is 0 Å². The standard InChI is InChI=1S/C17H25FN2O/c1-3-14(2)17(21)20-10-4-9-19(11-12-20)13-15-5-7-16(18)8-6-15/h5-8,14H,3-4,9-13H2,1-2H3. The first-order valence-corrected chi connectivity index (χ1v) is 7.85. The quantitative estimate of drug-likeness (QED) is 0.852. The summed E-state index contributed by atoms with van der Waals surface area (Å²) < 4.78 is 12.9. The zero-order valence-corrected chi connectivity index (χ0v) is 13.0. The van der Waals surface area contributed by atoms with Crippen LogP contribution in [-0.4, -0.2) is 41.9 Å². The zero-order valence-electron chi connectivity index (χ0n) is 13.0. The Labute approximate surface area is 126 Å². The smallest absolute Gasteiger partial charge is 0.225 e. The minimum absolute atomic E-state index is 0.119. The van der Waals surface area contributed by atoms with Gasteiger partial charge in [0, 0.05) is 38.6 Å². The van der Waals surface area contributed by atoms with Crippen LogP contribution < -0.4 is 0 Å². The van der Waals surface area contributed by atoms with Gasteiger partial charge in [0.25, 0.3) is 0 Å². The van der Waals surface area contributed by atoms with Gasteiger partial charge in [0.05, 0.1) is 0 Å². The number of hydrogen-bond donors (Lipinski definition) is 0. The molecule has 3 nitrogen and oxygen atoms in total. The van der Waals surface area contributed by atoms with E-state index in [9.17, 15) is 9.18 Å². The number of carbonyl (C=O) groups excluding carboxylic acids is 1. The molecule has 21 heavy (non-hydrogen) atoms. The predicted molar refractivity (Wildman–Crippen MR) is 82.3 cm³/mol. The lowest BCUT2D eigenvalue weighted by atomic mass is 10.1. The summed E-state index contributed by atoms with van der Waals surface area (Å²) in [7, 11) is 0. The van der Waals surface area contributed by atoms with E-state index in [1.165, 1.54) is 12.1 Å². The predicted octanol–water partition coefficient (Wildman–Crippen LogP) is 2.91. The van der Waals surface area contributed by atoms with Gasteiger partial charge in [-0.25, -0.2) is 4.39 Å². The molecule has 1 aliphatic heterocycles. The number of rotatable bonds is 4. The van der Waals surface area contributed by atoms with E-state index in [4.69, 9.17) is 0 Å². The van der Waals surface area contributed by atoms with Crippen LogP contribution in [0.3, 0.4) is 0 Å². The molecular formula is C17H25FN2O. The lowest BCUT2D eigenvalue weighted by Crippen LogP contribution is -2.38. The second-order valence-corrected chi connectivity index (χ2v) is 5.89. The van der Waals surface area contributed by atoms with Crippen molar-refractivity contribution in [2.24, 2.45) is 5.92 Å². The Morgan fingerprint density at radius 2 is 1.90 bits per heavy atom. The second-order valence-electron chi connectivity index (χ2n) is 5.89. The van der Waals surface area contributed by atoms with Crippen LogP contribution in [-0.2, 0) is 11.3 Å². The highest BCUT2D eigenvalue weighted by molar-refractivity contribution is 5.78. The first-order valence-electron chi connectivity index (χ1n) is 7.85. The van der Waals surface area contributed by atoms with Crippen LogP contribution in [0.25, 0.3) is 0 Å². The maximum absolute atomic E-state index is 12.9. The summed E-state index contributed by atoms with van der Waals surface area (Å²) in [5, 5.41) is 0. The average molecular weight is 292 g/mol. The molecule has 0 N–H and O–H groups in total. The van der Waals surface area contributed by atoms with Gasteiger partial charge in [0.1, 0.15) is 5.82 Å². The minimum atomic E-state index is -0.194. The van der Waals surface area contributed by atoms with Gasteiger partial charge in [-0.3, -0.25) is 9.69 Å².